The number of carbonyl (C=O) groups excluding carboxylic acids is 1. The van der Waals surface area contributed by atoms with Crippen molar-refractivity contribution in [3.05, 3.63) is 59.7 Å². The Kier molecular flexibility index (Phi) is 5.26. The fourth-order valence-electron chi connectivity index (χ4n) is 1.99. The van der Waals surface area contributed by atoms with E-state index in [1.54, 1.807) is 12.1 Å². The van der Waals surface area contributed by atoms with Crippen molar-refractivity contribution in [3.8, 4) is 0 Å². The van der Waals surface area contributed by atoms with Crippen molar-refractivity contribution in [2.45, 2.75) is 19.5 Å². The van der Waals surface area contributed by atoms with Crippen molar-refractivity contribution in [2.24, 2.45) is 0 Å². The van der Waals surface area contributed by atoms with Crippen LogP contribution in [0.3, 0.4) is 0 Å². The molecule has 23 heavy (non-hydrogen) atoms. The van der Waals surface area contributed by atoms with Gasteiger partial charge in [0.15, 0.2) is 0 Å². The van der Waals surface area contributed by atoms with Gasteiger partial charge in [-0.2, -0.15) is 13.2 Å². The van der Waals surface area contributed by atoms with Crippen LogP contribution in [0.5, 0.6) is 0 Å². The molecule has 0 atom stereocenters. The van der Waals surface area contributed by atoms with E-state index in [-0.39, 0.29) is 18.9 Å². The van der Waals surface area contributed by atoms with Gasteiger partial charge in [-0.25, -0.2) is 0 Å². The quantitative estimate of drug-likeness (QED) is 0.853. The summed E-state index contributed by atoms with van der Waals surface area (Å²) in [4.78, 5) is 11.8. The van der Waals surface area contributed by atoms with Crippen molar-refractivity contribution < 1.29 is 18.0 Å². The van der Waals surface area contributed by atoms with Crippen molar-refractivity contribution in [1.29, 1.82) is 0 Å². The number of benzene rings is 2. The number of halogens is 3. The lowest BCUT2D eigenvalue weighted by Crippen LogP contribution is -2.16. The Morgan fingerprint density at radius 1 is 1.04 bits per heavy atom. The molecule has 1 amide bonds. The van der Waals surface area contributed by atoms with E-state index in [1.165, 1.54) is 12.1 Å². The van der Waals surface area contributed by atoms with Crippen LogP contribution in [0, 0.1) is 6.92 Å². The summed E-state index contributed by atoms with van der Waals surface area (Å²) in [5.74, 6) is -0.201. The molecule has 0 radical (unpaired) electrons. The minimum Gasteiger partial charge on any atom is -0.385 e. The van der Waals surface area contributed by atoms with Crippen LogP contribution < -0.4 is 10.6 Å². The lowest BCUT2D eigenvalue weighted by Gasteiger charge is -2.11. The summed E-state index contributed by atoms with van der Waals surface area (Å²) in [6, 6.07) is 12.3. The SMILES string of the molecule is Cc1ccc(NC(=O)CCNc2cccc(C(F)(F)F)c2)cc1. The molecule has 0 saturated carbocycles. The van der Waals surface area contributed by atoms with Crippen molar-refractivity contribution in [2.75, 3.05) is 17.2 Å². The molecule has 0 heterocycles. The number of aryl methyl sites for hydroxylation is 1. The van der Waals surface area contributed by atoms with E-state index in [4.69, 9.17) is 0 Å². The highest BCUT2D eigenvalue weighted by Gasteiger charge is 2.30. The second kappa shape index (κ2) is 7.17. The smallest absolute Gasteiger partial charge is 0.385 e. The first kappa shape index (κ1) is 16.9. The van der Waals surface area contributed by atoms with E-state index in [0.717, 1.165) is 17.7 Å². The molecule has 0 aromatic heterocycles. The maximum absolute atomic E-state index is 12.6. The van der Waals surface area contributed by atoms with Crippen molar-refractivity contribution >= 4 is 17.3 Å². The summed E-state index contributed by atoms with van der Waals surface area (Å²) in [5, 5.41) is 5.55. The van der Waals surface area contributed by atoms with Crippen LogP contribution in [0.2, 0.25) is 0 Å². The average Bonchev–Trinajstić information content (AvgIpc) is 2.49. The second-order valence-electron chi connectivity index (χ2n) is 5.17. The second-order valence-corrected chi connectivity index (χ2v) is 5.17. The van der Waals surface area contributed by atoms with Gasteiger partial charge in [0.05, 0.1) is 5.56 Å². The number of amides is 1. The van der Waals surface area contributed by atoms with Gasteiger partial charge in [-0.05, 0) is 37.3 Å². The summed E-state index contributed by atoms with van der Waals surface area (Å²) in [5.41, 5.74) is 1.41. The number of hydrogen-bond donors (Lipinski definition) is 2. The maximum Gasteiger partial charge on any atom is 0.416 e. The van der Waals surface area contributed by atoms with Gasteiger partial charge in [-0.15, -0.1) is 0 Å². The van der Waals surface area contributed by atoms with Gasteiger partial charge in [0.25, 0.3) is 0 Å². The summed E-state index contributed by atoms with van der Waals surface area (Å²) in [7, 11) is 0. The van der Waals surface area contributed by atoms with Crippen molar-refractivity contribution in [3.63, 3.8) is 0 Å². The van der Waals surface area contributed by atoms with Crippen molar-refractivity contribution in [1.82, 2.24) is 0 Å². The van der Waals surface area contributed by atoms with Gasteiger partial charge >= 0.3 is 6.18 Å². The van der Waals surface area contributed by atoms with E-state index in [2.05, 4.69) is 10.6 Å². The highest BCUT2D eigenvalue weighted by molar-refractivity contribution is 5.90. The zero-order valence-corrected chi connectivity index (χ0v) is 12.6. The normalized spacial score (nSPS) is 11.1. The monoisotopic (exact) mass is 322 g/mol. The third kappa shape index (κ3) is 5.32. The van der Waals surface area contributed by atoms with Crippen LogP contribution in [0.15, 0.2) is 48.5 Å². The molecule has 122 valence electrons. The van der Waals surface area contributed by atoms with Gasteiger partial charge in [0, 0.05) is 24.3 Å². The topological polar surface area (TPSA) is 41.1 Å². The Labute approximate surface area is 132 Å². The molecule has 2 rings (SSSR count). The molecule has 0 unspecified atom stereocenters. The molecule has 0 aliphatic heterocycles. The molecular weight excluding hydrogens is 305 g/mol. The summed E-state index contributed by atoms with van der Waals surface area (Å²) >= 11 is 0. The highest BCUT2D eigenvalue weighted by Crippen LogP contribution is 2.30. The average molecular weight is 322 g/mol. The minimum atomic E-state index is -4.37. The van der Waals surface area contributed by atoms with E-state index < -0.39 is 11.7 Å². The number of nitrogens with one attached hydrogen (secondary N) is 2. The predicted octanol–water partition coefficient (Wildman–Crippen LogP) is 4.45. The molecular formula is C17H17F3N2O. The van der Waals surface area contributed by atoms with E-state index >= 15 is 0 Å². The molecule has 2 aromatic rings. The van der Waals surface area contributed by atoms with Gasteiger partial charge in [0.2, 0.25) is 5.91 Å². The first-order valence-electron chi connectivity index (χ1n) is 7.12. The molecule has 2 N–H and O–H groups in total. The van der Waals surface area contributed by atoms with Crippen LogP contribution in [0.4, 0.5) is 24.5 Å². The molecule has 0 aliphatic rings. The molecule has 0 fully saturated rings. The third-order valence-corrected chi connectivity index (χ3v) is 3.21. The standard InChI is InChI=1S/C17H17F3N2O/c1-12-5-7-14(8-6-12)22-16(23)9-10-21-15-4-2-3-13(11-15)17(18,19)20/h2-8,11,21H,9-10H2,1H3,(H,22,23). The van der Waals surface area contributed by atoms with Gasteiger partial charge in [0.1, 0.15) is 0 Å². The molecule has 0 bridgehead atoms. The molecule has 0 saturated heterocycles. The summed E-state index contributed by atoms with van der Waals surface area (Å²) in [6.07, 6.45) is -4.22. The molecule has 2 aromatic carbocycles. The van der Waals surface area contributed by atoms with Crippen LogP contribution in [-0.4, -0.2) is 12.5 Å². The Bertz CT molecular complexity index is 666. The fraction of sp³-hybridized carbons (Fsp3) is 0.235. The lowest BCUT2D eigenvalue weighted by molar-refractivity contribution is -0.137. The maximum atomic E-state index is 12.6. The number of carbonyl (C=O) groups is 1. The highest BCUT2D eigenvalue weighted by atomic mass is 19.4. The number of hydrogen-bond acceptors (Lipinski definition) is 2. The van der Waals surface area contributed by atoms with E-state index in [9.17, 15) is 18.0 Å². The number of rotatable bonds is 5. The zero-order valence-electron chi connectivity index (χ0n) is 12.6. The Balaban J connectivity index is 1.82. The van der Waals surface area contributed by atoms with E-state index in [1.807, 2.05) is 19.1 Å². The number of alkyl halides is 3. The number of anilines is 2. The molecule has 0 aliphatic carbocycles. The zero-order chi connectivity index (χ0) is 16.9. The van der Waals surface area contributed by atoms with Gasteiger partial charge in [-0.1, -0.05) is 23.8 Å². The molecule has 6 heteroatoms. The molecule has 0 spiro atoms. The van der Waals surface area contributed by atoms with E-state index in [0.29, 0.717) is 11.4 Å². The summed E-state index contributed by atoms with van der Waals surface area (Å²) < 4.78 is 37.8. The predicted molar refractivity (Wildman–Crippen MR) is 84.4 cm³/mol. The lowest BCUT2D eigenvalue weighted by atomic mass is 10.2. The fourth-order valence-corrected chi connectivity index (χ4v) is 1.99. The van der Waals surface area contributed by atoms with Crippen LogP contribution in [-0.2, 0) is 11.0 Å². The first-order chi connectivity index (χ1) is 10.8. The van der Waals surface area contributed by atoms with Crippen LogP contribution >= 0.6 is 0 Å². The Morgan fingerprint density at radius 2 is 1.74 bits per heavy atom. The third-order valence-electron chi connectivity index (χ3n) is 3.21. The van der Waals surface area contributed by atoms with Crippen LogP contribution in [0.1, 0.15) is 17.5 Å². The first-order valence-corrected chi connectivity index (χ1v) is 7.12. The summed E-state index contributed by atoms with van der Waals surface area (Å²) in [6.45, 7) is 2.20. The van der Waals surface area contributed by atoms with Gasteiger partial charge in [-0.3, -0.25) is 4.79 Å². The Morgan fingerprint density at radius 3 is 2.39 bits per heavy atom. The Hall–Kier alpha value is -2.50. The minimum absolute atomic E-state index is 0.157. The van der Waals surface area contributed by atoms with Gasteiger partial charge < -0.3 is 10.6 Å². The molecule has 3 nitrogen and oxygen atoms in total. The van der Waals surface area contributed by atoms with Crippen LogP contribution in [0.25, 0.3) is 0 Å². The largest absolute Gasteiger partial charge is 0.416 e.